The monoisotopic (exact) mass is 478 g/mol. The van der Waals surface area contributed by atoms with E-state index < -0.39 is 5.97 Å². The zero-order valence-corrected chi connectivity index (χ0v) is 19.8. The van der Waals surface area contributed by atoms with Gasteiger partial charge in [0.15, 0.2) is 5.11 Å². The van der Waals surface area contributed by atoms with Crippen molar-refractivity contribution >= 4 is 29.3 Å². The van der Waals surface area contributed by atoms with E-state index in [2.05, 4.69) is 15.2 Å². The number of pyridine rings is 1. The van der Waals surface area contributed by atoms with Crippen molar-refractivity contribution in [1.29, 1.82) is 0 Å². The highest BCUT2D eigenvalue weighted by Gasteiger charge is 2.41. The number of aromatic nitrogens is 2. The van der Waals surface area contributed by atoms with Gasteiger partial charge in [0.2, 0.25) is 0 Å². The molecule has 0 bridgehead atoms. The van der Waals surface area contributed by atoms with Gasteiger partial charge in [-0.1, -0.05) is 18.2 Å². The molecule has 176 valence electrons. The van der Waals surface area contributed by atoms with E-state index in [1.54, 1.807) is 18.3 Å². The minimum atomic E-state index is -0.411. The number of benzene rings is 1. The Hall–Kier alpha value is -3.72. The molecule has 3 heterocycles. The van der Waals surface area contributed by atoms with Crippen molar-refractivity contribution in [3.8, 4) is 5.69 Å². The van der Waals surface area contributed by atoms with Crippen molar-refractivity contribution < 1.29 is 19.1 Å². The second kappa shape index (κ2) is 10.5. The summed E-state index contributed by atoms with van der Waals surface area (Å²) in [6.07, 6.45) is 4.55. The fourth-order valence-electron chi connectivity index (χ4n) is 4.28. The van der Waals surface area contributed by atoms with E-state index in [9.17, 15) is 9.59 Å². The van der Waals surface area contributed by atoms with Crippen LogP contribution in [0.2, 0.25) is 0 Å². The summed E-state index contributed by atoms with van der Waals surface area (Å²) >= 11 is 5.71. The van der Waals surface area contributed by atoms with Gasteiger partial charge in [-0.3, -0.25) is 9.78 Å². The Kier molecular flexibility index (Phi) is 7.22. The zero-order valence-electron chi connectivity index (χ0n) is 19.0. The fourth-order valence-corrected chi connectivity index (χ4v) is 4.62. The van der Waals surface area contributed by atoms with Crippen molar-refractivity contribution in [3.63, 3.8) is 0 Å². The molecule has 1 aliphatic rings. The number of thiocarbonyl (C=S) groups is 1. The summed E-state index contributed by atoms with van der Waals surface area (Å²) in [5, 5.41) is 3.99. The molecule has 9 heteroatoms. The van der Waals surface area contributed by atoms with Crippen molar-refractivity contribution in [2.75, 3.05) is 20.8 Å². The molecule has 3 aromatic rings. The topological polar surface area (TPSA) is 85.7 Å². The van der Waals surface area contributed by atoms with Crippen LogP contribution in [0.25, 0.3) is 5.69 Å². The summed E-state index contributed by atoms with van der Waals surface area (Å²) in [7, 11) is 2.76. The number of methoxy groups -OCH3 is 2. The Morgan fingerprint density at radius 3 is 2.59 bits per heavy atom. The van der Waals surface area contributed by atoms with Crippen LogP contribution < -0.4 is 5.32 Å². The van der Waals surface area contributed by atoms with Crippen molar-refractivity contribution in [2.24, 2.45) is 0 Å². The molecular weight excluding hydrogens is 452 g/mol. The maximum atomic E-state index is 12.5. The van der Waals surface area contributed by atoms with Crippen LogP contribution in [0.1, 0.15) is 46.7 Å². The van der Waals surface area contributed by atoms with Crippen LogP contribution in [0.3, 0.4) is 0 Å². The van der Waals surface area contributed by atoms with Crippen LogP contribution in [0.5, 0.6) is 0 Å². The van der Waals surface area contributed by atoms with Crippen LogP contribution in [0.15, 0.2) is 67.0 Å². The first-order valence-corrected chi connectivity index (χ1v) is 11.4. The van der Waals surface area contributed by atoms with Gasteiger partial charge in [-0.05, 0) is 55.0 Å². The Bertz CT molecular complexity index is 1180. The minimum Gasteiger partial charge on any atom is -0.469 e. The number of rotatable bonds is 8. The highest BCUT2D eigenvalue weighted by molar-refractivity contribution is 7.80. The number of para-hydroxylation sites is 1. The smallest absolute Gasteiger partial charge is 0.339 e. The number of hydrogen-bond donors (Lipinski definition) is 1. The fraction of sp³-hybridized carbons (Fsp3) is 0.280. The summed E-state index contributed by atoms with van der Waals surface area (Å²) in [6, 6.07) is 16.6. The lowest BCUT2D eigenvalue weighted by Gasteiger charge is -2.29. The number of carbonyl (C=O) groups excluding carboxylic acids is 2. The van der Waals surface area contributed by atoms with Crippen molar-refractivity contribution in [3.05, 3.63) is 83.9 Å². The molecule has 2 aromatic heterocycles. The van der Waals surface area contributed by atoms with Gasteiger partial charge >= 0.3 is 11.9 Å². The highest BCUT2D eigenvalue weighted by atomic mass is 32.1. The molecule has 0 unspecified atom stereocenters. The van der Waals surface area contributed by atoms with Gasteiger partial charge in [0.1, 0.15) is 0 Å². The first-order valence-electron chi connectivity index (χ1n) is 10.9. The van der Waals surface area contributed by atoms with Crippen LogP contribution in [0, 0.1) is 0 Å². The maximum absolute atomic E-state index is 12.5. The number of carbonyl (C=O) groups is 2. The SMILES string of the molecule is COC(=O)CCCN1C(=S)N[C@H](c2ccccn2)[C@@H]1c1cccn1-c1ccccc1C(=O)OC. The van der Waals surface area contributed by atoms with E-state index in [1.165, 1.54) is 14.2 Å². The highest BCUT2D eigenvalue weighted by Crippen LogP contribution is 2.40. The average Bonchev–Trinajstić information content (AvgIpc) is 3.48. The van der Waals surface area contributed by atoms with Crippen LogP contribution in [-0.2, 0) is 14.3 Å². The Labute approximate surface area is 203 Å². The third-order valence-corrected chi connectivity index (χ3v) is 6.21. The second-order valence-corrected chi connectivity index (χ2v) is 8.20. The van der Waals surface area contributed by atoms with Gasteiger partial charge in [0, 0.05) is 31.1 Å². The number of nitrogens with one attached hydrogen (secondary N) is 1. The van der Waals surface area contributed by atoms with Crippen LogP contribution in [0.4, 0.5) is 0 Å². The van der Waals surface area contributed by atoms with E-state index in [0.717, 1.165) is 11.4 Å². The molecule has 0 aliphatic carbocycles. The molecule has 1 aromatic carbocycles. The van der Waals surface area contributed by atoms with E-state index in [1.807, 2.05) is 53.2 Å². The molecule has 1 aliphatic heterocycles. The molecule has 0 amide bonds. The zero-order chi connectivity index (χ0) is 24.1. The lowest BCUT2D eigenvalue weighted by Crippen LogP contribution is -2.31. The Balaban J connectivity index is 1.76. The summed E-state index contributed by atoms with van der Waals surface area (Å²) in [4.78, 5) is 30.8. The molecule has 8 nitrogen and oxygen atoms in total. The van der Waals surface area contributed by atoms with E-state index in [-0.39, 0.29) is 18.1 Å². The minimum absolute atomic E-state index is 0.217. The first kappa shape index (κ1) is 23.4. The normalized spacial score (nSPS) is 17.4. The molecule has 0 saturated carbocycles. The van der Waals surface area contributed by atoms with Crippen LogP contribution in [-0.4, -0.2) is 52.3 Å². The molecule has 1 saturated heterocycles. The van der Waals surface area contributed by atoms with E-state index in [4.69, 9.17) is 21.7 Å². The number of ether oxygens (including phenoxy) is 2. The van der Waals surface area contributed by atoms with Gasteiger partial charge in [-0.2, -0.15) is 0 Å². The molecule has 1 N–H and O–H groups in total. The molecular formula is C25H26N4O4S. The summed E-state index contributed by atoms with van der Waals surface area (Å²) in [5.41, 5.74) is 2.95. The Morgan fingerprint density at radius 1 is 1.06 bits per heavy atom. The molecule has 4 rings (SSSR count). The van der Waals surface area contributed by atoms with Crippen molar-refractivity contribution in [2.45, 2.75) is 24.9 Å². The summed E-state index contributed by atoms with van der Waals surface area (Å²) in [5.74, 6) is -0.669. The van der Waals surface area contributed by atoms with Crippen LogP contribution >= 0.6 is 12.2 Å². The van der Waals surface area contributed by atoms with Gasteiger partial charge in [0.25, 0.3) is 0 Å². The number of esters is 2. The Morgan fingerprint density at radius 2 is 1.85 bits per heavy atom. The second-order valence-electron chi connectivity index (χ2n) is 7.81. The lowest BCUT2D eigenvalue weighted by molar-refractivity contribution is -0.140. The molecule has 34 heavy (non-hydrogen) atoms. The predicted octanol–water partition coefficient (Wildman–Crippen LogP) is 3.58. The quantitative estimate of drug-likeness (QED) is 0.388. The van der Waals surface area contributed by atoms with E-state index in [0.29, 0.717) is 35.7 Å². The largest absolute Gasteiger partial charge is 0.469 e. The van der Waals surface area contributed by atoms with E-state index >= 15 is 0 Å². The van der Waals surface area contributed by atoms with Gasteiger partial charge in [-0.15, -0.1) is 0 Å². The number of hydrogen-bond acceptors (Lipinski definition) is 6. The maximum Gasteiger partial charge on any atom is 0.339 e. The standard InChI is InChI=1S/C25H26N4O4S/c1-32-21(30)13-8-16-29-23(22(27-25(29)34)18-10-5-6-14-26-18)20-12-7-15-28(20)19-11-4-3-9-17(19)24(31)33-2/h3-7,9-12,14-15,22-23H,8,13,16H2,1-2H3,(H,27,34)/t22-,23+/m1/s1. The van der Waals surface area contributed by atoms with Crippen molar-refractivity contribution in [1.82, 2.24) is 19.8 Å². The molecule has 2 atom stereocenters. The third kappa shape index (κ3) is 4.65. The third-order valence-electron chi connectivity index (χ3n) is 5.86. The summed E-state index contributed by atoms with van der Waals surface area (Å²) < 4.78 is 11.8. The lowest BCUT2D eigenvalue weighted by atomic mass is 10.0. The number of nitrogens with zero attached hydrogens (tertiary/aromatic N) is 3. The van der Waals surface area contributed by atoms with Gasteiger partial charge < -0.3 is 24.3 Å². The van der Waals surface area contributed by atoms with Gasteiger partial charge in [0.05, 0.1) is 43.2 Å². The average molecular weight is 479 g/mol. The predicted molar refractivity (Wildman–Crippen MR) is 131 cm³/mol. The van der Waals surface area contributed by atoms with Gasteiger partial charge in [-0.25, -0.2) is 4.79 Å². The molecule has 0 radical (unpaired) electrons. The summed E-state index contributed by atoms with van der Waals surface area (Å²) in [6.45, 7) is 0.554. The molecule has 0 spiro atoms. The molecule has 1 fully saturated rings. The first-order chi connectivity index (χ1) is 16.5.